The lowest BCUT2D eigenvalue weighted by molar-refractivity contribution is 0.122. The number of fused-ring (bicyclic) bond motifs is 1. The largest absolute Gasteiger partial charge is 0.493 e. The van der Waals surface area contributed by atoms with Gasteiger partial charge >= 0.3 is 0 Å². The summed E-state index contributed by atoms with van der Waals surface area (Å²) in [4.78, 5) is 15.9. The van der Waals surface area contributed by atoms with E-state index in [1.807, 2.05) is 48.7 Å². The van der Waals surface area contributed by atoms with Gasteiger partial charge in [0.2, 0.25) is 0 Å². The summed E-state index contributed by atoms with van der Waals surface area (Å²) in [7, 11) is 1.60. The van der Waals surface area contributed by atoms with Crippen LogP contribution in [0.4, 0.5) is 17.2 Å². The second kappa shape index (κ2) is 11.3. The fraction of sp³-hybridized carbons (Fsp3) is 0.310. The zero-order chi connectivity index (χ0) is 26.5. The number of aromatic nitrogens is 3. The number of methoxy groups -OCH3 is 1. The normalized spacial score (nSPS) is 13.4. The van der Waals surface area contributed by atoms with Crippen molar-refractivity contribution in [2.24, 2.45) is 0 Å². The third-order valence-corrected chi connectivity index (χ3v) is 6.43. The van der Waals surface area contributed by atoms with E-state index in [4.69, 9.17) is 19.2 Å². The van der Waals surface area contributed by atoms with Crippen molar-refractivity contribution in [2.75, 3.05) is 43.6 Å². The lowest BCUT2D eigenvalue weighted by Crippen LogP contribution is -2.36. The molecule has 3 heterocycles. The second-order valence-corrected chi connectivity index (χ2v) is 9.32. The van der Waals surface area contributed by atoms with Gasteiger partial charge in [-0.2, -0.15) is 5.26 Å². The van der Waals surface area contributed by atoms with Crippen LogP contribution in [0.25, 0.3) is 11.0 Å². The molecule has 0 bridgehead atoms. The molecule has 0 aliphatic carbocycles. The molecule has 5 rings (SSSR count). The standard InChI is InChI=1S/C29H30N6O3/c1-19(2)23-6-4-20(16-31-23)18-38-26-9-5-21(14-27(26)36-3)33-24-7-8-25-29(22(24)15-30)34-28(17-32-25)35-10-12-37-13-11-35/h4-9,14,16-17,19,33H,10-13,18H2,1-3H3. The minimum absolute atomic E-state index is 0.377. The Hall–Kier alpha value is -4.42. The Kier molecular flexibility index (Phi) is 7.52. The molecule has 4 aromatic rings. The zero-order valence-electron chi connectivity index (χ0n) is 21.8. The van der Waals surface area contributed by atoms with E-state index in [1.54, 1.807) is 13.3 Å². The Balaban J connectivity index is 1.35. The quantitative estimate of drug-likeness (QED) is 0.343. The molecule has 0 atom stereocenters. The van der Waals surface area contributed by atoms with Gasteiger partial charge in [-0.25, -0.2) is 4.98 Å². The maximum atomic E-state index is 10.0. The van der Waals surface area contributed by atoms with E-state index in [1.165, 1.54) is 0 Å². The number of benzene rings is 2. The summed E-state index contributed by atoms with van der Waals surface area (Å²) in [5.74, 6) is 2.32. The van der Waals surface area contributed by atoms with Crippen LogP contribution in [0, 0.1) is 11.3 Å². The number of rotatable bonds is 8. The van der Waals surface area contributed by atoms with Crippen LogP contribution in [0.15, 0.2) is 54.9 Å². The number of nitrogens with one attached hydrogen (secondary N) is 1. The average Bonchev–Trinajstić information content (AvgIpc) is 2.96. The molecule has 0 radical (unpaired) electrons. The molecule has 9 nitrogen and oxygen atoms in total. The molecule has 1 N–H and O–H groups in total. The maximum absolute atomic E-state index is 10.0. The van der Waals surface area contributed by atoms with Gasteiger partial charge in [-0.3, -0.25) is 9.97 Å². The van der Waals surface area contributed by atoms with Gasteiger partial charge in [0, 0.05) is 42.3 Å². The molecule has 1 saturated heterocycles. The third-order valence-electron chi connectivity index (χ3n) is 6.43. The number of nitrogens with zero attached hydrogens (tertiary/aromatic N) is 5. The third kappa shape index (κ3) is 5.45. The van der Waals surface area contributed by atoms with Crippen molar-refractivity contribution in [1.29, 1.82) is 5.26 Å². The van der Waals surface area contributed by atoms with Crippen molar-refractivity contribution in [3.63, 3.8) is 0 Å². The molecule has 1 aliphatic heterocycles. The monoisotopic (exact) mass is 510 g/mol. The first-order chi connectivity index (χ1) is 18.6. The highest BCUT2D eigenvalue weighted by atomic mass is 16.5. The molecule has 0 unspecified atom stereocenters. The molecule has 1 fully saturated rings. The number of nitriles is 1. The predicted molar refractivity (Wildman–Crippen MR) is 146 cm³/mol. The van der Waals surface area contributed by atoms with Crippen molar-refractivity contribution in [3.8, 4) is 17.6 Å². The average molecular weight is 511 g/mol. The number of anilines is 3. The van der Waals surface area contributed by atoms with Crippen LogP contribution in [0.3, 0.4) is 0 Å². The van der Waals surface area contributed by atoms with Crippen LogP contribution >= 0.6 is 0 Å². The predicted octanol–water partition coefficient (Wildman–Crippen LogP) is 5.19. The first kappa shape index (κ1) is 25.2. The molecule has 194 valence electrons. The topological polar surface area (TPSA) is 105 Å². The van der Waals surface area contributed by atoms with E-state index in [2.05, 4.69) is 40.1 Å². The van der Waals surface area contributed by atoms with E-state index in [-0.39, 0.29) is 0 Å². The van der Waals surface area contributed by atoms with Gasteiger partial charge in [-0.1, -0.05) is 19.9 Å². The summed E-state index contributed by atoms with van der Waals surface area (Å²) >= 11 is 0. The zero-order valence-corrected chi connectivity index (χ0v) is 21.8. The van der Waals surface area contributed by atoms with Crippen molar-refractivity contribution in [2.45, 2.75) is 26.4 Å². The smallest absolute Gasteiger partial charge is 0.162 e. The van der Waals surface area contributed by atoms with Gasteiger partial charge in [-0.15, -0.1) is 0 Å². The highest BCUT2D eigenvalue weighted by Gasteiger charge is 2.17. The molecular weight excluding hydrogens is 480 g/mol. The minimum atomic E-state index is 0.377. The van der Waals surface area contributed by atoms with Crippen LogP contribution in [0.2, 0.25) is 0 Å². The number of pyridine rings is 1. The molecule has 0 spiro atoms. The summed E-state index contributed by atoms with van der Waals surface area (Å²) in [5.41, 5.74) is 5.08. The Morgan fingerprint density at radius 2 is 1.89 bits per heavy atom. The summed E-state index contributed by atoms with van der Waals surface area (Å²) in [5, 5.41) is 13.4. The molecular formula is C29H30N6O3. The van der Waals surface area contributed by atoms with E-state index >= 15 is 0 Å². The maximum Gasteiger partial charge on any atom is 0.162 e. The van der Waals surface area contributed by atoms with E-state index in [9.17, 15) is 5.26 Å². The van der Waals surface area contributed by atoms with Crippen molar-refractivity contribution in [1.82, 2.24) is 15.0 Å². The summed E-state index contributed by atoms with van der Waals surface area (Å²) in [6, 6.07) is 15.6. The first-order valence-corrected chi connectivity index (χ1v) is 12.6. The van der Waals surface area contributed by atoms with Gasteiger partial charge < -0.3 is 24.4 Å². The van der Waals surface area contributed by atoms with E-state index in [0.717, 1.165) is 35.9 Å². The second-order valence-electron chi connectivity index (χ2n) is 9.32. The molecule has 1 aliphatic rings. The van der Waals surface area contributed by atoms with Gasteiger partial charge in [0.1, 0.15) is 29.6 Å². The van der Waals surface area contributed by atoms with Crippen LogP contribution in [0.1, 0.15) is 36.6 Å². The molecule has 0 amide bonds. The number of ether oxygens (including phenoxy) is 3. The fourth-order valence-corrected chi connectivity index (χ4v) is 4.27. The van der Waals surface area contributed by atoms with E-state index in [0.29, 0.717) is 59.5 Å². The Bertz CT molecular complexity index is 1460. The number of hydrogen-bond donors (Lipinski definition) is 1. The number of hydrogen-bond acceptors (Lipinski definition) is 9. The van der Waals surface area contributed by atoms with Crippen molar-refractivity contribution >= 4 is 28.2 Å². The minimum Gasteiger partial charge on any atom is -0.493 e. The first-order valence-electron chi connectivity index (χ1n) is 12.6. The van der Waals surface area contributed by atoms with Crippen LogP contribution in [-0.2, 0) is 11.3 Å². The summed E-state index contributed by atoms with van der Waals surface area (Å²) in [6.45, 7) is 7.40. The fourth-order valence-electron chi connectivity index (χ4n) is 4.27. The lowest BCUT2D eigenvalue weighted by Gasteiger charge is -2.27. The molecule has 2 aromatic heterocycles. The van der Waals surface area contributed by atoms with Crippen LogP contribution in [0.5, 0.6) is 11.5 Å². The van der Waals surface area contributed by atoms with Gasteiger partial charge in [-0.05, 0) is 36.2 Å². The molecule has 2 aromatic carbocycles. The molecule has 0 saturated carbocycles. The summed E-state index contributed by atoms with van der Waals surface area (Å²) in [6.07, 6.45) is 3.59. The number of morpholine rings is 1. The van der Waals surface area contributed by atoms with Gasteiger partial charge in [0.05, 0.1) is 37.7 Å². The Morgan fingerprint density at radius 3 is 2.61 bits per heavy atom. The highest BCUT2D eigenvalue weighted by molar-refractivity contribution is 5.89. The molecule has 38 heavy (non-hydrogen) atoms. The van der Waals surface area contributed by atoms with Gasteiger partial charge in [0.15, 0.2) is 11.5 Å². The van der Waals surface area contributed by atoms with Crippen molar-refractivity contribution in [3.05, 3.63) is 71.7 Å². The van der Waals surface area contributed by atoms with Crippen LogP contribution in [-0.4, -0.2) is 48.4 Å². The SMILES string of the molecule is COc1cc(Nc2ccc3ncc(N4CCOCC4)nc3c2C#N)ccc1OCc1ccc(C(C)C)nc1. The molecule has 9 heteroatoms. The Morgan fingerprint density at radius 1 is 1.05 bits per heavy atom. The lowest BCUT2D eigenvalue weighted by atomic mass is 10.1. The van der Waals surface area contributed by atoms with Gasteiger partial charge in [0.25, 0.3) is 0 Å². The van der Waals surface area contributed by atoms with E-state index < -0.39 is 0 Å². The highest BCUT2D eigenvalue weighted by Crippen LogP contribution is 2.34. The Labute approximate surface area is 222 Å². The van der Waals surface area contributed by atoms with Crippen molar-refractivity contribution < 1.29 is 14.2 Å². The van der Waals surface area contributed by atoms with Crippen LogP contribution < -0.4 is 19.7 Å². The summed E-state index contributed by atoms with van der Waals surface area (Å²) < 4.78 is 17.0.